The van der Waals surface area contributed by atoms with Crippen LogP contribution in [0.4, 0.5) is 0 Å². The number of nitrogens with zero attached hydrogens (tertiary/aromatic N) is 2. The van der Waals surface area contributed by atoms with E-state index in [2.05, 4.69) is 10.2 Å². The summed E-state index contributed by atoms with van der Waals surface area (Å²) in [5.41, 5.74) is 0.434. The number of hydrogen-bond donors (Lipinski definition) is 1. The highest BCUT2D eigenvalue weighted by molar-refractivity contribution is 7.89. The minimum Gasteiger partial charge on any atom is -0.469 e. The lowest BCUT2D eigenvalue weighted by Gasteiger charge is -2.03. The number of primary sulfonamides is 1. The maximum Gasteiger partial charge on any atom is 0.294 e. The summed E-state index contributed by atoms with van der Waals surface area (Å²) >= 11 is 1.18. The molecule has 6 nitrogen and oxygen atoms in total. The summed E-state index contributed by atoms with van der Waals surface area (Å²) in [5.74, 6) is 0. The molecule has 2 rings (SSSR count). The normalized spacial score (nSPS) is 11.4. The molecule has 0 fully saturated rings. The van der Waals surface area contributed by atoms with Gasteiger partial charge in [0, 0.05) is 5.56 Å². The quantitative estimate of drug-likeness (QED) is 0.912. The average Bonchev–Trinajstić information content (AvgIpc) is 2.77. The van der Waals surface area contributed by atoms with Gasteiger partial charge in [0.15, 0.2) is 5.01 Å². The molecule has 8 heteroatoms. The van der Waals surface area contributed by atoms with Crippen LogP contribution in [0.1, 0.15) is 6.92 Å². The Labute approximate surface area is 108 Å². The first kappa shape index (κ1) is 12.9. The molecule has 96 valence electrons. The van der Waals surface area contributed by atoms with Crippen molar-refractivity contribution in [2.24, 2.45) is 5.14 Å². The number of rotatable bonds is 4. The van der Waals surface area contributed by atoms with E-state index in [0.717, 1.165) is 0 Å². The standard InChI is InChI=1S/C10H11N3O3S2/c1-2-16-10-13-12-9(17-10)7-5-3-4-6-8(7)18(11,14)15/h3-6H,2H2,1H3,(H2,11,14,15). The summed E-state index contributed by atoms with van der Waals surface area (Å²) in [6.07, 6.45) is 0. The Bertz CT molecular complexity index is 652. The highest BCUT2D eigenvalue weighted by atomic mass is 32.2. The second kappa shape index (κ2) is 5.01. The number of nitrogens with two attached hydrogens (primary N) is 1. The number of benzene rings is 1. The minimum absolute atomic E-state index is 0.0317. The van der Waals surface area contributed by atoms with Crippen LogP contribution in [0.15, 0.2) is 29.2 Å². The fraction of sp³-hybridized carbons (Fsp3) is 0.200. The maximum absolute atomic E-state index is 11.5. The highest BCUT2D eigenvalue weighted by Crippen LogP contribution is 2.31. The molecule has 1 aromatic carbocycles. The third-order valence-electron chi connectivity index (χ3n) is 2.10. The molecule has 0 unspecified atom stereocenters. The van der Waals surface area contributed by atoms with E-state index in [1.807, 2.05) is 6.92 Å². The van der Waals surface area contributed by atoms with Gasteiger partial charge in [0.05, 0.1) is 11.5 Å². The number of ether oxygens (including phenoxy) is 1. The lowest BCUT2D eigenvalue weighted by molar-refractivity contribution is 0.335. The molecule has 18 heavy (non-hydrogen) atoms. The van der Waals surface area contributed by atoms with Crippen molar-refractivity contribution >= 4 is 21.4 Å². The largest absolute Gasteiger partial charge is 0.469 e. The van der Waals surface area contributed by atoms with E-state index in [-0.39, 0.29) is 4.90 Å². The van der Waals surface area contributed by atoms with Gasteiger partial charge in [0.2, 0.25) is 10.0 Å². The van der Waals surface area contributed by atoms with Crippen molar-refractivity contribution in [1.29, 1.82) is 0 Å². The van der Waals surface area contributed by atoms with Crippen LogP contribution in [0, 0.1) is 0 Å². The van der Waals surface area contributed by atoms with Crippen molar-refractivity contribution in [2.45, 2.75) is 11.8 Å². The summed E-state index contributed by atoms with van der Waals surface area (Å²) < 4.78 is 28.1. The van der Waals surface area contributed by atoms with Crippen molar-refractivity contribution in [3.05, 3.63) is 24.3 Å². The zero-order valence-electron chi connectivity index (χ0n) is 9.53. The highest BCUT2D eigenvalue weighted by Gasteiger charge is 2.17. The van der Waals surface area contributed by atoms with E-state index in [0.29, 0.717) is 22.4 Å². The number of hydrogen-bond acceptors (Lipinski definition) is 6. The predicted octanol–water partition coefficient (Wildman–Crippen LogP) is 1.25. The lowest BCUT2D eigenvalue weighted by Crippen LogP contribution is -2.13. The summed E-state index contributed by atoms with van der Waals surface area (Å²) in [6, 6.07) is 6.39. The Morgan fingerprint density at radius 2 is 2.06 bits per heavy atom. The van der Waals surface area contributed by atoms with Crippen LogP contribution in [0.3, 0.4) is 0 Å². The smallest absolute Gasteiger partial charge is 0.294 e. The van der Waals surface area contributed by atoms with Crippen molar-refractivity contribution in [1.82, 2.24) is 10.2 Å². The molecule has 1 heterocycles. The van der Waals surface area contributed by atoms with Crippen LogP contribution in [0.5, 0.6) is 5.19 Å². The monoisotopic (exact) mass is 285 g/mol. The molecule has 0 amide bonds. The van der Waals surface area contributed by atoms with Gasteiger partial charge in [0.25, 0.3) is 5.19 Å². The summed E-state index contributed by atoms with van der Waals surface area (Å²) in [7, 11) is -3.79. The molecule has 0 aliphatic rings. The summed E-state index contributed by atoms with van der Waals surface area (Å²) in [6.45, 7) is 2.31. The second-order valence-corrected chi connectivity index (χ2v) is 5.82. The SMILES string of the molecule is CCOc1nnc(-c2ccccc2S(N)(=O)=O)s1. The number of sulfonamides is 1. The molecule has 0 radical (unpaired) electrons. The molecule has 2 N–H and O–H groups in total. The maximum atomic E-state index is 11.5. The molecule has 0 bridgehead atoms. The van der Waals surface area contributed by atoms with E-state index in [9.17, 15) is 8.42 Å². The van der Waals surface area contributed by atoms with Gasteiger partial charge in [-0.25, -0.2) is 13.6 Å². The van der Waals surface area contributed by atoms with E-state index in [1.54, 1.807) is 18.2 Å². The number of aromatic nitrogens is 2. The Hall–Kier alpha value is -1.51. The van der Waals surface area contributed by atoms with Gasteiger partial charge < -0.3 is 4.74 Å². The molecule has 1 aromatic heterocycles. The first-order valence-electron chi connectivity index (χ1n) is 5.11. The van der Waals surface area contributed by atoms with Gasteiger partial charge in [-0.2, -0.15) is 0 Å². The minimum atomic E-state index is -3.79. The topological polar surface area (TPSA) is 95.2 Å². The molecule has 0 saturated heterocycles. The van der Waals surface area contributed by atoms with Crippen LogP contribution in [-0.4, -0.2) is 25.2 Å². The third kappa shape index (κ3) is 2.66. The van der Waals surface area contributed by atoms with E-state index >= 15 is 0 Å². The van der Waals surface area contributed by atoms with Crippen LogP contribution in [-0.2, 0) is 10.0 Å². The van der Waals surface area contributed by atoms with Gasteiger partial charge in [-0.3, -0.25) is 0 Å². The third-order valence-corrected chi connectivity index (χ3v) is 3.94. The van der Waals surface area contributed by atoms with Crippen LogP contribution >= 0.6 is 11.3 Å². The fourth-order valence-electron chi connectivity index (χ4n) is 1.39. The zero-order valence-corrected chi connectivity index (χ0v) is 11.2. The van der Waals surface area contributed by atoms with Crippen LogP contribution in [0.25, 0.3) is 10.6 Å². The first-order valence-corrected chi connectivity index (χ1v) is 7.47. The molecule has 0 atom stereocenters. The average molecular weight is 285 g/mol. The molecular formula is C10H11N3O3S2. The van der Waals surface area contributed by atoms with E-state index < -0.39 is 10.0 Å². The van der Waals surface area contributed by atoms with Gasteiger partial charge in [-0.15, -0.1) is 5.10 Å². The molecular weight excluding hydrogens is 274 g/mol. The van der Waals surface area contributed by atoms with Gasteiger partial charge >= 0.3 is 0 Å². The molecule has 0 spiro atoms. The summed E-state index contributed by atoms with van der Waals surface area (Å²) in [4.78, 5) is 0.0317. The Balaban J connectivity index is 2.50. The van der Waals surface area contributed by atoms with Crippen LogP contribution in [0.2, 0.25) is 0 Å². The van der Waals surface area contributed by atoms with Crippen molar-refractivity contribution in [3.8, 4) is 15.8 Å². The van der Waals surface area contributed by atoms with Gasteiger partial charge in [0.1, 0.15) is 0 Å². The molecule has 0 saturated carbocycles. The van der Waals surface area contributed by atoms with Crippen molar-refractivity contribution in [2.75, 3.05) is 6.61 Å². The fourth-order valence-corrected chi connectivity index (χ4v) is 2.99. The first-order chi connectivity index (χ1) is 8.52. The van der Waals surface area contributed by atoms with E-state index in [4.69, 9.17) is 9.88 Å². The molecule has 0 aliphatic carbocycles. The predicted molar refractivity (Wildman–Crippen MR) is 67.9 cm³/mol. The van der Waals surface area contributed by atoms with Crippen LogP contribution < -0.4 is 9.88 Å². The Morgan fingerprint density at radius 1 is 1.33 bits per heavy atom. The van der Waals surface area contributed by atoms with Crippen molar-refractivity contribution < 1.29 is 13.2 Å². The molecule has 2 aromatic rings. The molecule has 0 aliphatic heterocycles. The lowest BCUT2D eigenvalue weighted by atomic mass is 10.2. The van der Waals surface area contributed by atoms with E-state index in [1.165, 1.54) is 17.4 Å². The summed E-state index contributed by atoms with van der Waals surface area (Å²) in [5, 5.41) is 13.7. The second-order valence-electron chi connectivity index (χ2n) is 3.35. The van der Waals surface area contributed by atoms with Crippen molar-refractivity contribution in [3.63, 3.8) is 0 Å². The Morgan fingerprint density at radius 3 is 2.72 bits per heavy atom. The zero-order chi connectivity index (χ0) is 13.2. The van der Waals surface area contributed by atoms with Gasteiger partial charge in [-0.05, 0) is 13.0 Å². The Kier molecular flexibility index (Phi) is 3.60. The van der Waals surface area contributed by atoms with Gasteiger partial charge in [-0.1, -0.05) is 34.6 Å².